The van der Waals surface area contributed by atoms with Gasteiger partial charge < -0.3 is 20.8 Å². The van der Waals surface area contributed by atoms with Crippen LogP contribution in [0.15, 0.2) is 18.2 Å². The Kier molecular flexibility index (Phi) is 4.61. The summed E-state index contributed by atoms with van der Waals surface area (Å²) in [7, 11) is 0. The normalized spacial score (nSPS) is 25.1. The topological polar surface area (TPSA) is 93.0 Å². The molecule has 1 saturated carbocycles. The molecule has 134 valence electrons. The molecular formula is C19H26N4O2. The lowest BCUT2D eigenvalue weighted by Gasteiger charge is -2.36. The molecule has 1 aromatic carbocycles. The monoisotopic (exact) mass is 342 g/mol. The fraction of sp³-hybridized carbons (Fsp3) is 0.579. The average Bonchev–Trinajstić information content (AvgIpc) is 3.08. The van der Waals surface area contributed by atoms with Gasteiger partial charge in [0, 0.05) is 12.0 Å². The summed E-state index contributed by atoms with van der Waals surface area (Å²) in [5, 5.41) is 3.73. The van der Waals surface area contributed by atoms with E-state index < -0.39 is 6.09 Å². The van der Waals surface area contributed by atoms with Crippen molar-refractivity contribution in [2.24, 2.45) is 11.7 Å². The SMILES string of the molecule is NC(=O)Oc1cccc2[nH]c(C3CCNC(C4CCCCC4)C3)nc12. The largest absolute Gasteiger partial charge is 0.410 e. The molecule has 1 aliphatic carbocycles. The average molecular weight is 342 g/mol. The molecule has 1 saturated heterocycles. The van der Waals surface area contributed by atoms with Crippen LogP contribution in [0.5, 0.6) is 5.75 Å². The minimum Gasteiger partial charge on any atom is -0.408 e. The number of hydrogen-bond acceptors (Lipinski definition) is 4. The lowest BCUT2D eigenvalue weighted by atomic mass is 9.78. The number of hydrogen-bond donors (Lipinski definition) is 3. The number of nitrogens with zero attached hydrogens (tertiary/aromatic N) is 1. The van der Waals surface area contributed by atoms with Gasteiger partial charge in [-0.3, -0.25) is 0 Å². The Labute approximate surface area is 147 Å². The van der Waals surface area contributed by atoms with Crippen LogP contribution in [0.2, 0.25) is 0 Å². The first-order chi connectivity index (χ1) is 12.2. The number of nitrogens with two attached hydrogens (primary N) is 1. The second-order valence-corrected chi connectivity index (χ2v) is 7.38. The maximum Gasteiger partial charge on any atom is 0.410 e. The fourth-order valence-corrected chi connectivity index (χ4v) is 4.50. The van der Waals surface area contributed by atoms with E-state index in [0.29, 0.717) is 23.2 Å². The van der Waals surface area contributed by atoms with Gasteiger partial charge in [-0.1, -0.05) is 25.3 Å². The standard InChI is InChI=1S/C19H26N4O2/c20-19(24)25-16-8-4-7-14-17(16)23-18(22-14)13-9-10-21-15(11-13)12-5-2-1-3-6-12/h4,7-8,12-13,15,21H,1-3,5-6,9-11H2,(H2,20,24)(H,22,23). The summed E-state index contributed by atoms with van der Waals surface area (Å²) in [5.74, 6) is 2.64. The third kappa shape index (κ3) is 3.49. The lowest BCUT2D eigenvalue weighted by molar-refractivity contribution is 0.211. The van der Waals surface area contributed by atoms with Gasteiger partial charge in [0.2, 0.25) is 0 Å². The highest BCUT2D eigenvalue weighted by atomic mass is 16.5. The van der Waals surface area contributed by atoms with Gasteiger partial charge in [0.25, 0.3) is 0 Å². The summed E-state index contributed by atoms with van der Waals surface area (Å²) in [6.07, 6.45) is 8.21. The van der Waals surface area contributed by atoms with E-state index in [4.69, 9.17) is 15.5 Å². The Morgan fingerprint density at radius 3 is 2.84 bits per heavy atom. The van der Waals surface area contributed by atoms with Crippen LogP contribution < -0.4 is 15.8 Å². The summed E-state index contributed by atoms with van der Waals surface area (Å²) >= 11 is 0. The number of H-pyrrole nitrogens is 1. The maximum atomic E-state index is 11.1. The number of aromatic amines is 1. The number of benzene rings is 1. The molecule has 1 amide bonds. The molecule has 25 heavy (non-hydrogen) atoms. The number of fused-ring (bicyclic) bond motifs is 1. The van der Waals surface area contributed by atoms with Crippen LogP contribution in [-0.2, 0) is 0 Å². The smallest absolute Gasteiger partial charge is 0.408 e. The predicted molar refractivity (Wildman–Crippen MR) is 96.6 cm³/mol. The summed E-state index contributed by atoms with van der Waals surface area (Å²) in [6, 6.07) is 6.12. The third-order valence-corrected chi connectivity index (χ3v) is 5.75. The van der Waals surface area contributed by atoms with E-state index in [9.17, 15) is 4.79 Å². The quantitative estimate of drug-likeness (QED) is 0.796. The number of ether oxygens (including phenoxy) is 1. The molecular weight excluding hydrogens is 316 g/mol. The van der Waals surface area contributed by atoms with Crippen molar-refractivity contribution >= 4 is 17.1 Å². The van der Waals surface area contributed by atoms with Gasteiger partial charge >= 0.3 is 6.09 Å². The van der Waals surface area contributed by atoms with E-state index in [0.717, 1.165) is 36.6 Å². The molecule has 1 aromatic heterocycles. The Bertz CT molecular complexity index is 751. The molecule has 2 atom stereocenters. The number of nitrogens with one attached hydrogen (secondary N) is 2. The molecule has 4 N–H and O–H groups in total. The van der Waals surface area contributed by atoms with Crippen molar-refractivity contribution in [3.63, 3.8) is 0 Å². The van der Waals surface area contributed by atoms with Crippen molar-refractivity contribution < 1.29 is 9.53 Å². The molecule has 0 bridgehead atoms. The van der Waals surface area contributed by atoms with Gasteiger partial charge in [0.1, 0.15) is 11.3 Å². The summed E-state index contributed by atoms with van der Waals surface area (Å²) < 4.78 is 5.09. The van der Waals surface area contributed by atoms with E-state index in [-0.39, 0.29) is 0 Å². The number of amides is 1. The zero-order valence-electron chi connectivity index (χ0n) is 14.5. The van der Waals surface area contributed by atoms with Crippen LogP contribution in [0.25, 0.3) is 11.0 Å². The van der Waals surface area contributed by atoms with Crippen LogP contribution in [0.4, 0.5) is 4.79 Å². The summed E-state index contributed by atoms with van der Waals surface area (Å²) in [4.78, 5) is 19.3. The second-order valence-electron chi connectivity index (χ2n) is 7.38. The number of primary amides is 1. The van der Waals surface area contributed by atoms with Gasteiger partial charge in [-0.05, 0) is 50.3 Å². The first kappa shape index (κ1) is 16.4. The number of piperidine rings is 1. The van der Waals surface area contributed by atoms with Crippen molar-refractivity contribution in [1.82, 2.24) is 15.3 Å². The van der Waals surface area contributed by atoms with Gasteiger partial charge in [-0.25, -0.2) is 9.78 Å². The number of rotatable bonds is 3. The van der Waals surface area contributed by atoms with Gasteiger partial charge in [-0.15, -0.1) is 0 Å². The summed E-state index contributed by atoms with van der Waals surface area (Å²) in [5.41, 5.74) is 6.73. The third-order valence-electron chi connectivity index (χ3n) is 5.75. The molecule has 2 fully saturated rings. The number of imidazole rings is 1. The van der Waals surface area contributed by atoms with Crippen molar-refractivity contribution in [2.45, 2.75) is 56.9 Å². The molecule has 1 aliphatic heterocycles. The minimum absolute atomic E-state index is 0.419. The number of para-hydroxylation sites is 1. The molecule has 2 aliphatic rings. The van der Waals surface area contributed by atoms with E-state index in [2.05, 4.69) is 10.3 Å². The van der Waals surface area contributed by atoms with Crippen molar-refractivity contribution in [3.05, 3.63) is 24.0 Å². The molecule has 6 nitrogen and oxygen atoms in total. The highest BCUT2D eigenvalue weighted by molar-refractivity contribution is 5.84. The number of carbonyl (C=O) groups excluding carboxylic acids is 1. The minimum atomic E-state index is -0.809. The van der Waals surface area contributed by atoms with Crippen molar-refractivity contribution in [2.75, 3.05) is 6.54 Å². The molecule has 2 heterocycles. The van der Waals surface area contributed by atoms with E-state index in [1.54, 1.807) is 6.07 Å². The van der Waals surface area contributed by atoms with Crippen LogP contribution in [0.3, 0.4) is 0 Å². The highest BCUT2D eigenvalue weighted by Crippen LogP contribution is 2.36. The second kappa shape index (κ2) is 7.04. The Morgan fingerprint density at radius 1 is 1.20 bits per heavy atom. The Balaban J connectivity index is 1.55. The van der Waals surface area contributed by atoms with Crippen LogP contribution in [0.1, 0.15) is 56.7 Å². The van der Waals surface area contributed by atoms with E-state index in [1.165, 1.54) is 32.1 Å². The van der Waals surface area contributed by atoms with Gasteiger partial charge in [0.05, 0.1) is 5.52 Å². The zero-order valence-corrected chi connectivity index (χ0v) is 14.5. The molecule has 0 radical (unpaired) electrons. The Hall–Kier alpha value is -2.08. The van der Waals surface area contributed by atoms with Crippen molar-refractivity contribution in [1.29, 1.82) is 0 Å². The number of carbonyl (C=O) groups is 1. The van der Waals surface area contributed by atoms with Crippen LogP contribution in [0, 0.1) is 5.92 Å². The summed E-state index contributed by atoms with van der Waals surface area (Å²) in [6.45, 7) is 1.04. The molecule has 6 heteroatoms. The van der Waals surface area contributed by atoms with Gasteiger partial charge in [-0.2, -0.15) is 0 Å². The van der Waals surface area contributed by atoms with Crippen LogP contribution in [-0.4, -0.2) is 28.6 Å². The lowest BCUT2D eigenvalue weighted by Crippen LogP contribution is -2.43. The first-order valence-electron chi connectivity index (χ1n) is 9.40. The van der Waals surface area contributed by atoms with E-state index >= 15 is 0 Å². The predicted octanol–water partition coefficient (Wildman–Crippen LogP) is 3.44. The maximum absolute atomic E-state index is 11.1. The molecule has 2 unspecified atom stereocenters. The zero-order chi connectivity index (χ0) is 17.2. The molecule has 0 spiro atoms. The Morgan fingerprint density at radius 2 is 2.04 bits per heavy atom. The fourth-order valence-electron chi connectivity index (χ4n) is 4.50. The highest BCUT2D eigenvalue weighted by Gasteiger charge is 2.31. The van der Waals surface area contributed by atoms with Crippen LogP contribution >= 0.6 is 0 Å². The molecule has 4 rings (SSSR count). The number of aromatic nitrogens is 2. The van der Waals surface area contributed by atoms with E-state index in [1.807, 2.05) is 12.1 Å². The molecule has 2 aromatic rings. The van der Waals surface area contributed by atoms with Crippen molar-refractivity contribution in [3.8, 4) is 5.75 Å². The first-order valence-corrected chi connectivity index (χ1v) is 9.40. The van der Waals surface area contributed by atoms with Gasteiger partial charge in [0.15, 0.2) is 5.75 Å².